The molecule has 1 unspecified atom stereocenters. The lowest BCUT2D eigenvalue weighted by Crippen LogP contribution is -2.19. The first kappa shape index (κ1) is 19.2. The normalized spacial score (nSPS) is 12.0. The van der Waals surface area contributed by atoms with E-state index >= 15 is 0 Å². The van der Waals surface area contributed by atoms with E-state index in [0.717, 1.165) is 25.7 Å². The van der Waals surface area contributed by atoms with Crippen LogP contribution in [0.2, 0.25) is 0 Å². The van der Waals surface area contributed by atoms with Gasteiger partial charge in [-0.15, -0.1) is 0 Å². The molecule has 0 heterocycles. The summed E-state index contributed by atoms with van der Waals surface area (Å²) >= 11 is 0. The Hall–Kier alpha value is -1.84. The van der Waals surface area contributed by atoms with Crippen molar-refractivity contribution < 1.29 is 19.1 Å². The van der Waals surface area contributed by atoms with Crippen LogP contribution in [-0.4, -0.2) is 24.6 Å². The van der Waals surface area contributed by atoms with Crippen LogP contribution in [0.15, 0.2) is 24.3 Å². The Kier molecular flexibility index (Phi) is 8.38. The van der Waals surface area contributed by atoms with Gasteiger partial charge in [-0.1, -0.05) is 39.3 Å². The molecular weight excluding hydrogens is 292 g/mol. The predicted octanol–water partition coefficient (Wildman–Crippen LogP) is 4.63. The lowest BCUT2D eigenvalue weighted by Gasteiger charge is -2.15. The third kappa shape index (κ3) is 6.85. The average molecular weight is 320 g/mol. The van der Waals surface area contributed by atoms with Crippen molar-refractivity contribution in [1.82, 2.24) is 0 Å². The van der Waals surface area contributed by atoms with Crippen LogP contribution in [0.4, 0.5) is 0 Å². The van der Waals surface area contributed by atoms with Crippen LogP contribution in [0.5, 0.6) is 0 Å². The summed E-state index contributed by atoms with van der Waals surface area (Å²) < 4.78 is 10.6. The average Bonchev–Trinajstić information content (AvgIpc) is 2.52. The molecule has 0 aromatic heterocycles. The summed E-state index contributed by atoms with van der Waals surface area (Å²) in [5.41, 5.74) is 0.532. The standard InChI is InChI=1S/C19H28O4/c1-5-13-22-18(20)16-11-6-7-12-17(16)19(21)23-15(4)10-8-9-14(2)3/h6-7,11-12,14-15H,5,8-10,13H2,1-4H3. The molecule has 1 aromatic rings. The minimum absolute atomic E-state index is 0.166. The summed E-state index contributed by atoms with van der Waals surface area (Å²) in [5.74, 6) is -0.301. The van der Waals surface area contributed by atoms with Crippen molar-refractivity contribution >= 4 is 11.9 Å². The van der Waals surface area contributed by atoms with E-state index in [4.69, 9.17) is 9.47 Å². The molecule has 4 nitrogen and oxygen atoms in total. The maximum atomic E-state index is 12.3. The number of esters is 2. The lowest BCUT2D eigenvalue weighted by molar-refractivity contribution is 0.0306. The van der Waals surface area contributed by atoms with Gasteiger partial charge in [-0.25, -0.2) is 9.59 Å². The Labute approximate surface area is 139 Å². The van der Waals surface area contributed by atoms with Gasteiger partial charge in [0.05, 0.1) is 23.8 Å². The van der Waals surface area contributed by atoms with Gasteiger partial charge < -0.3 is 9.47 Å². The monoisotopic (exact) mass is 320 g/mol. The van der Waals surface area contributed by atoms with Crippen molar-refractivity contribution in [2.45, 2.75) is 59.5 Å². The highest BCUT2D eigenvalue weighted by atomic mass is 16.5. The van der Waals surface area contributed by atoms with E-state index in [1.807, 2.05) is 13.8 Å². The molecule has 0 aliphatic carbocycles. The third-order valence-corrected chi connectivity index (χ3v) is 3.50. The summed E-state index contributed by atoms with van der Waals surface area (Å²) in [5, 5.41) is 0. The van der Waals surface area contributed by atoms with Crippen LogP contribution in [0.1, 0.15) is 74.1 Å². The van der Waals surface area contributed by atoms with E-state index in [1.165, 1.54) is 0 Å². The highest BCUT2D eigenvalue weighted by Crippen LogP contribution is 2.16. The maximum Gasteiger partial charge on any atom is 0.339 e. The van der Waals surface area contributed by atoms with Crippen molar-refractivity contribution in [3.8, 4) is 0 Å². The molecule has 0 saturated heterocycles. The highest BCUT2D eigenvalue weighted by Gasteiger charge is 2.20. The molecule has 0 aliphatic heterocycles. The van der Waals surface area contributed by atoms with Crippen molar-refractivity contribution in [3.05, 3.63) is 35.4 Å². The van der Waals surface area contributed by atoms with Gasteiger partial charge in [0, 0.05) is 0 Å². The number of hydrogen-bond acceptors (Lipinski definition) is 4. The van der Waals surface area contributed by atoms with Gasteiger partial charge in [-0.2, -0.15) is 0 Å². The zero-order valence-corrected chi connectivity index (χ0v) is 14.6. The Morgan fingerprint density at radius 1 is 1.00 bits per heavy atom. The fraction of sp³-hybridized carbons (Fsp3) is 0.579. The molecule has 0 amide bonds. The quantitative estimate of drug-likeness (QED) is 0.623. The number of carbonyl (C=O) groups is 2. The van der Waals surface area contributed by atoms with E-state index < -0.39 is 11.9 Å². The molecule has 1 atom stereocenters. The Balaban J connectivity index is 2.67. The molecule has 0 saturated carbocycles. The van der Waals surface area contributed by atoms with Crippen molar-refractivity contribution in [2.24, 2.45) is 5.92 Å². The van der Waals surface area contributed by atoms with Crippen LogP contribution in [0.3, 0.4) is 0 Å². The van der Waals surface area contributed by atoms with E-state index in [-0.39, 0.29) is 17.2 Å². The van der Waals surface area contributed by atoms with Crippen molar-refractivity contribution in [2.75, 3.05) is 6.61 Å². The second kappa shape index (κ2) is 10.0. The summed E-state index contributed by atoms with van der Waals surface area (Å²) in [6.45, 7) is 8.50. The topological polar surface area (TPSA) is 52.6 Å². The molecule has 0 N–H and O–H groups in total. The molecule has 0 radical (unpaired) electrons. The molecule has 0 fully saturated rings. The Morgan fingerprint density at radius 3 is 2.17 bits per heavy atom. The van der Waals surface area contributed by atoms with E-state index in [0.29, 0.717) is 12.5 Å². The molecule has 0 spiro atoms. The molecule has 4 heteroatoms. The third-order valence-electron chi connectivity index (χ3n) is 3.50. The summed E-state index contributed by atoms with van der Waals surface area (Å²) in [6.07, 6.45) is 3.53. The van der Waals surface area contributed by atoms with Gasteiger partial charge in [0.15, 0.2) is 0 Å². The first-order valence-electron chi connectivity index (χ1n) is 8.42. The van der Waals surface area contributed by atoms with Gasteiger partial charge in [-0.05, 0) is 44.2 Å². The first-order valence-corrected chi connectivity index (χ1v) is 8.42. The molecule has 23 heavy (non-hydrogen) atoms. The molecule has 1 aromatic carbocycles. The van der Waals surface area contributed by atoms with Crippen molar-refractivity contribution in [1.29, 1.82) is 0 Å². The number of rotatable bonds is 9. The predicted molar refractivity (Wildman–Crippen MR) is 90.6 cm³/mol. The SMILES string of the molecule is CCCOC(=O)c1ccccc1C(=O)OC(C)CCCC(C)C. The second-order valence-electron chi connectivity index (χ2n) is 6.22. The van der Waals surface area contributed by atoms with E-state index in [9.17, 15) is 9.59 Å². The number of carbonyl (C=O) groups excluding carboxylic acids is 2. The summed E-state index contributed by atoms with van der Waals surface area (Å²) in [7, 11) is 0. The van der Waals surface area contributed by atoms with Crippen LogP contribution in [0, 0.1) is 5.92 Å². The number of hydrogen-bond donors (Lipinski definition) is 0. The van der Waals surface area contributed by atoms with Crippen molar-refractivity contribution in [3.63, 3.8) is 0 Å². The van der Waals surface area contributed by atoms with E-state index in [1.54, 1.807) is 24.3 Å². The van der Waals surface area contributed by atoms with E-state index in [2.05, 4.69) is 13.8 Å². The fourth-order valence-electron chi connectivity index (χ4n) is 2.23. The smallest absolute Gasteiger partial charge is 0.339 e. The Morgan fingerprint density at radius 2 is 1.61 bits per heavy atom. The number of benzene rings is 1. The van der Waals surface area contributed by atoms with Gasteiger partial charge in [0.2, 0.25) is 0 Å². The fourth-order valence-corrected chi connectivity index (χ4v) is 2.23. The second-order valence-corrected chi connectivity index (χ2v) is 6.22. The first-order chi connectivity index (χ1) is 11.0. The van der Waals surface area contributed by atoms with Gasteiger partial charge in [0.25, 0.3) is 0 Å². The molecule has 128 valence electrons. The zero-order chi connectivity index (χ0) is 17.2. The zero-order valence-electron chi connectivity index (χ0n) is 14.6. The highest BCUT2D eigenvalue weighted by molar-refractivity contribution is 6.03. The minimum Gasteiger partial charge on any atom is -0.462 e. The Bertz CT molecular complexity index is 508. The minimum atomic E-state index is -0.480. The molecule has 0 aliphatic rings. The molecule has 0 bridgehead atoms. The van der Waals surface area contributed by atoms with Crippen LogP contribution >= 0.6 is 0 Å². The molecule has 1 rings (SSSR count). The molecular formula is C19H28O4. The summed E-state index contributed by atoms with van der Waals surface area (Å²) in [6, 6.07) is 6.63. The number of ether oxygens (including phenoxy) is 2. The largest absolute Gasteiger partial charge is 0.462 e. The van der Waals surface area contributed by atoms with Crippen LogP contribution < -0.4 is 0 Å². The van der Waals surface area contributed by atoms with Crippen LogP contribution in [-0.2, 0) is 9.47 Å². The summed E-state index contributed by atoms with van der Waals surface area (Å²) in [4.78, 5) is 24.4. The van der Waals surface area contributed by atoms with Crippen LogP contribution in [0.25, 0.3) is 0 Å². The lowest BCUT2D eigenvalue weighted by atomic mass is 10.0. The van der Waals surface area contributed by atoms with Gasteiger partial charge in [-0.3, -0.25) is 0 Å². The maximum absolute atomic E-state index is 12.3. The van der Waals surface area contributed by atoms with Gasteiger partial charge in [0.1, 0.15) is 0 Å². The van der Waals surface area contributed by atoms with Gasteiger partial charge >= 0.3 is 11.9 Å².